The van der Waals surface area contributed by atoms with Crippen LogP contribution in [0.2, 0.25) is 0 Å². The molecule has 16 heavy (non-hydrogen) atoms. The molecule has 2 nitrogen and oxygen atoms in total. The summed E-state index contributed by atoms with van der Waals surface area (Å²) in [5.41, 5.74) is 2.70. The van der Waals surface area contributed by atoms with Gasteiger partial charge in [0, 0.05) is 11.7 Å². The first kappa shape index (κ1) is 11.5. The number of rotatable bonds is 3. The first-order valence-corrected chi connectivity index (χ1v) is 6.32. The Balaban J connectivity index is 1.93. The van der Waals surface area contributed by atoms with Crippen molar-refractivity contribution in [2.75, 3.05) is 25.5 Å². The Morgan fingerprint density at radius 3 is 2.75 bits per heavy atom. The second-order valence-electron chi connectivity index (χ2n) is 4.78. The minimum Gasteiger partial charge on any atom is -0.382 e. The number of anilines is 1. The standard InChI is InChI=1S/C14H22N2/c1-3-12-5-4-6-14(11-12)15-13-7-9-16(2)10-8-13/h4-6,11,13,15H,3,7-10H2,1-2H3. The number of benzene rings is 1. The molecular weight excluding hydrogens is 196 g/mol. The summed E-state index contributed by atoms with van der Waals surface area (Å²) in [5.74, 6) is 0. The van der Waals surface area contributed by atoms with Gasteiger partial charge in [-0.05, 0) is 57.1 Å². The van der Waals surface area contributed by atoms with E-state index >= 15 is 0 Å². The minimum absolute atomic E-state index is 0.656. The molecule has 0 radical (unpaired) electrons. The summed E-state index contributed by atoms with van der Waals surface area (Å²) in [5, 5.41) is 3.65. The van der Waals surface area contributed by atoms with Crippen LogP contribution in [0, 0.1) is 0 Å². The van der Waals surface area contributed by atoms with Crippen molar-refractivity contribution in [3.63, 3.8) is 0 Å². The van der Waals surface area contributed by atoms with Gasteiger partial charge in [0.25, 0.3) is 0 Å². The zero-order valence-corrected chi connectivity index (χ0v) is 10.4. The van der Waals surface area contributed by atoms with Gasteiger partial charge in [0.1, 0.15) is 0 Å². The summed E-state index contributed by atoms with van der Waals surface area (Å²) >= 11 is 0. The average molecular weight is 218 g/mol. The van der Waals surface area contributed by atoms with Crippen LogP contribution in [0.15, 0.2) is 24.3 Å². The third kappa shape index (κ3) is 2.99. The maximum Gasteiger partial charge on any atom is 0.0345 e. The molecule has 1 aliphatic rings. The Morgan fingerprint density at radius 2 is 2.06 bits per heavy atom. The van der Waals surface area contributed by atoms with Crippen molar-refractivity contribution in [3.8, 4) is 0 Å². The molecule has 0 unspecified atom stereocenters. The van der Waals surface area contributed by atoms with Crippen LogP contribution in [0.5, 0.6) is 0 Å². The Hall–Kier alpha value is -1.02. The predicted molar refractivity (Wildman–Crippen MR) is 70.0 cm³/mol. The van der Waals surface area contributed by atoms with Gasteiger partial charge in [-0.2, -0.15) is 0 Å². The lowest BCUT2D eigenvalue weighted by Crippen LogP contribution is -2.36. The highest BCUT2D eigenvalue weighted by Gasteiger charge is 2.15. The van der Waals surface area contributed by atoms with Crippen molar-refractivity contribution in [3.05, 3.63) is 29.8 Å². The Kier molecular flexibility index (Phi) is 3.83. The Morgan fingerprint density at radius 1 is 1.31 bits per heavy atom. The predicted octanol–water partition coefficient (Wildman–Crippen LogP) is 2.76. The molecule has 1 N–H and O–H groups in total. The molecule has 1 aromatic rings. The van der Waals surface area contributed by atoms with Crippen molar-refractivity contribution >= 4 is 5.69 Å². The summed E-state index contributed by atoms with van der Waals surface area (Å²) in [6, 6.07) is 9.45. The molecule has 2 rings (SSSR count). The fourth-order valence-corrected chi connectivity index (χ4v) is 2.27. The molecule has 0 amide bonds. The fraction of sp³-hybridized carbons (Fsp3) is 0.571. The molecule has 0 aliphatic carbocycles. The number of nitrogens with zero attached hydrogens (tertiary/aromatic N) is 1. The topological polar surface area (TPSA) is 15.3 Å². The molecule has 0 saturated carbocycles. The van der Waals surface area contributed by atoms with E-state index in [1.54, 1.807) is 0 Å². The molecule has 0 spiro atoms. The summed E-state index contributed by atoms with van der Waals surface area (Å²) in [6.07, 6.45) is 3.63. The van der Waals surface area contributed by atoms with Crippen LogP contribution in [0.4, 0.5) is 5.69 Å². The quantitative estimate of drug-likeness (QED) is 0.839. The van der Waals surface area contributed by atoms with Gasteiger partial charge in [0.05, 0.1) is 0 Å². The zero-order valence-electron chi connectivity index (χ0n) is 10.4. The number of hydrogen-bond acceptors (Lipinski definition) is 2. The average Bonchev–Trinajstić information content (AvgIpc) is 2.32. The van der Waals surface area contributed by atoms with Crippen LogP contribution < -0.4 is 5.32 Å². The molecule has 0 aromatic heterocycles. The molecule has 1 fully saturated rings. The lowest BCUT2D eigenvalue weighted by atomic mass is 10.0. The number of likely N-dealkylation sites (tertiary alicyclic amines) is 1. The van der Waals surface area contributed by atoms with Crippen molar-refractivity contribution in [1.82, 2.24) is 4.90 Å². The largest absolute Gasteiger partial charge is 0.382 e. The van der Waals surface area contributed by atoms with Gasteiger partial charge in [0.2, 0.25) is 0 Å². The number of piperidine rings is 1. The van der Waals surface area contributed by atoms with Crippen molar-refractivity contribution < 1.29 is 0 Å². The molecule has 0 atom stereocenters. The zero-order chi connectivity index (χ0) is 11.4. The number of hydrogen-bond donors (Lipinski definition) is 1. The van der Waals surface area contributed by atoms with Gasteiger partial charge < -0.3 is 10.2 Å². The highest BCUT2D eigenvalue weighted by molar-refractivity contribution is 5.46. The second-order valence-corrected chi connectivity index (χ2v) is 4.78. The molecule has 88 valence electrons. The van der Waals surface area contributed by atoms with Gasteiger partial charge in [0.15, 0.2) is 0 Å². The van der Waals surface area contributed by atoms with Crippen LogP contribution >= 0.6 is 0 Å². The van der Waals surface area contributed by atoms with Crippen molar-refractivity contribution in [2.45, 2.75) is 32.2 Å². The van der Waals surface area contributed by atoms with Crippen LogP contribution in [-0.2, 0) is 6.42 Å². The van der Waals surface area contributed by atoms with E-state index in [1.165, 1.54) is 37.2 Å². The SMILES string of the molecule is CCc1cccc(NC2CCN(C)CC2)c1. The van der Waals surface area contributed by atoms with Crippen LogP contribution in [0.3, 0.4) is 0 Å². The lowest BCUT2D eigenvalue weighted by molar-refractivity contribution is 0.264. The molecule has 1 heterocycles. The maximum absolute atomic E-state index is 3.65. The Bertz CT molecular complexity index is 327. The summed E-state index contributed by atoms with van der Waals surface area (Å²) < 4.78 is 0. The highest BCUT2D eigenvalue weighted by Crippen LogP contribution is 2.17. The van der Waals surface area contributed by atoms with Crippen LogP contribution in [-0.4, -0.2) is 31.1 Å². The van der Waals surface area contributed by atoms with E-state index in [1.807, 2.05) is 0 Å². The molecule has 1 aliphatic heterocycles. The van der Waals surface area contributed by atoms with Gasteiger partial charge in [-0.3, -0.25) is 0 Å². The van der Waals surface area contributed by atoms with Gasteiger partial charge in [-0.1, -0.05) is 19.1 Å². The molecule has 1 saturated heterocycles. The third-order valence-electron chi connectivity index (χ3n) is 3.42. The van der Waals surface area contributed by atoms with Gasteiger partial charge in [-0.15, -0.1) is 0 Å². The van der Waals surface area contributed by atoms with E-state index in [0.717, 1.165) is 6.42 Å². The van der Waals surface area contributed by atoms with Crippen LogP contribution in [0.25, 0.3) is 0 Å². The number of nitrogens with one attached hydrogen (secondary N) is 1. The van der Waals surface area contributed by atoms with E-state index < -0.39 is 0 Å². The Labute approximate surface area is 98.7 Å². The van der Waals surface area contributed by atoms with E-state index in [9.17, 15) is 0 Å². The lowest BCUT2D eigenvalue weighted by Gasteiger charge is -2.30. The van der Waals surface area contributed by atoms with Gasteiger partial charge in [-0.25, -0.2) is 0 Å². The molecule has 1 aromatic carbocycles. The summed E-state index contributed by atoms with van der Waals surface area (Å²) in [7, 11) is 2.20. The molecule has 2 heteroatoms. The monoisotopic (exact) mass is 218 g/mol. The first-order valence-electron chi connectivity index (χ1n) is 6.32. The van der Waals surface area contributed by atoms with E-state index in [-0.39, 0.29) is 0 Å². The van der Waals surface area contributed by atoms with E-state index in [4.69, 9.17) is 0 Å². The normalized spacial score (nSPS) is 18.6. The number of aryl methyl sites for hydroxylation is 1. The molecule has 0 bridgehead atoms. The maximum atomic E-state index is 3.65. The third-order valence-corrected chi connectivity index (χ3v) is 3.42. The first-order chi connectivity index (χ1) is 7.78. The molecular formula is C14H22N2. The van der Waals surface area contributed by atoms with Gasteiger partial charge >= 0.3 is 0 Å². The second kappa shape index (κ2) is 5.35. The smallest absolute Gasteiger partial charge is 0.0345 e. The van der Waals surface area contributed by atoms with Crippen LogP contribution in [0.1, 0.15) is 25.3 Å². The summed E-state index contributed by atoms with van der Waals surface area (Å²) in [6.45, 7) is 4.63. The summed E-state index contributed by atoms with van der Waals surface area (Å²) in [4.78, 5) is 2.40. The van der Waals surface area contributed by atoms with Crippen molar-refractivity contribution in [1.29, 1.82) is 0 Å². The van der Waals surface area contributed by atoms with Crippen molar-refractivity contribution in [2.24, 2.45) is 0 Å². The fourth-order valence-electron chi connectivity index (χ4n) is 2.27. The minimum atomic E-state index is 0.656. The highest BCUT2D eigenvalue weighted by atomic mass is 15.1. The van der Waals surface area contributed by atoms with E-state index in [2.05, 4.69) is 48.5 Å². The van der Waals surface area contributed by atoms with E-state index in [0.29, 0.717) is 6.04 Å².